The van der Waals surface area contributed by atoms with Crippen LogP contribution in [0.4, 0.5) is 35.9 Å². The maximum atomic E-state index is 13.1. The second-order valence-electron chi connectivity index (χ2n) is 26.8. The van der Waals surface area contributed by atoms with Crippen LogP contribution >= 0.6 is 34.8 Å². The molecule has 4 aliphatic rings. The molecule has 10 aromatic carbocycles. The first-order valence-electron chi connectivity index (χ1n) is 37.6. The molecule has 124 heavy (non-hydrogen) atoms. The third-order valence-corrected chi connectivity index (χ3v) is 19.6. The number of hydrogen-bond donors (Lipinski definition) is 3. The molecule has 0 aliphatic carbocycles. The van der Waals surface area contributed by atoms with Crippen LogP contribution in [-0.4, -0.2) is 122 Å². The third-order valence-electron chi connectivity index (χ3n) is 18.6. The van der Waals surface area contributed by atoms with E-state index >= 15 is 0 Å². The molecular weight excluding hydrogens is 1680 g/mol. The number of nitro groups is 2. The number of nitrogens with zero attached hydrogens (tertiary/aromatic N) is 6. The van der Waals surface area contributed by atoms with Crippen LogP contribution in [0.1, 0.15) is 22.3 Å². The number of phenolic OH excluding ortho intramolecular Hbond substituents is 1. The number of halogens is 6. The van der Waals surface area contributed by atoms with Gasteiger partial charge >= 0.3 is 6.18 Å². The highest BCUT2D eigenvalue weighted by molar-refractivity contribution is 6.36. The van der Waals surface area contributed by atoms with Gasteiger partial charge < -0.3 is 87.6 Å². The van der Waals surface area contributed by atoms with Crippen molar-refractivity contribution in [1.82, 2.24) is 19.9 Å². The Morgan fingerprint density at radius 2 is 0.726 bits per heavy atom. The molecule has 4 aliphatic heterocycles. The Morgan fingerprint density at radius 1 is 0.403 bits per heavy atom. The molecule has 0 atom stereocenters. The zero-order valence-electron chi connectivity index (χ0n) is 66.4. The lowest BCUT2D eigenvalue weighted by molar-refractivity contribution is -0.385. The normalized spacial score (nSPS) is 12.4. The number of pyridine rings is 4. The van der Waals surface area contributed by atoms with Gasteiger partial charge in [0.2, 0.25) is 23.0 Å². The average molecular weight is 1750 g/mol. The Balaban J connectivity index is 0.000000136. The number of aromatic nitrogens is 4. The number of carbonyl (C=O) groups is 1. The van der Waals surface area contributed by atoms with E-state index in [1.165, 1.54) is 54.6 Å². The Hall–Kier alpha value is -14.6. The number of methoxy groups -OCH3 is 4. The predicted octanol–water partition coefficient (Wildman–Crippen LogP) is 20.1. The fourth-order valence-electron chi connectivity index (χ4n) is 12.8. The molecule has 18 rings (SSSR count). The number of Topliss-reactive ketones (excluding diaryl/α,β-unsaturated/α-hetero) is 1. The van der Waals surface area contributed by atoms with Gasteiger partial charge in [-0.1, -0.05) is 53.0 Å². The highest BCUT2D eigenvalue weighted by atomic mass is 35.5. The molecule has 0 saturated heterocycles. The van der Waals surface area contributed by atoms with E-state index < -0.39 is 26.6 Å². The number of fused-ring (bicyclic) bond motifs is 12. The van der Waals surface area contributed by atoms with Gasteiger partial charge in [0.05, 0.1) is 97.5 Å². The van der Waals surface area contributed by atoms with Crippen LogP contribution < -0.4 is 82.5 Å². The number of phenols is 1. The number of anilines is 2. The summed E-state index contributed by atoms with van der Waals surface area (Å²) in [6.07, 6.45) is 1.89. The van der Waals surface area contributed by atoms with Crippen LogP contribution in [0.2, 0.25) is 15.1 Å². The van der Waals surface area contributed by atoms with Crippen LogP contribution in [0.15, 0.2) is 207 Å². The minimum atomic E-state index is -4.59. The second-order valence-corrected chi connectivity index (χ2v) is 28.0. The largest absolute Gasteiger partial charge is 0.508 e. The summed E-state index contributed by atoms with van der Waals surface area (Å²) >= 11 is 17.6. The summed E-state index contributed by atoms with van der Waals surface area (Å²) < 4.78 is 125. The minimum absolute atomic E-state index is 0.00390. The molecule has 0 saturated carbocycles. The number of carbonyl (C=O) groups excluding carboxylic acids is 1. The smallest absolute Gasteiger partial charge is 0.417 e. The van der Waals surface area contributed by atoms with E-state index in [0.29, 0.717) is 200 Å². The number of rotatable bonds is 16. The Morgan fingerprint density at radius 3 is 1.10 bits per heavy atom. The van der Waals surface area contributed by atoms with Gasteiger partial charge in [-0.3, -0.25) is 45.0 Å². The Kier molecular flexibility index (Phi) is 27.9. The van der Waals surface area contributed by atoms with Gasteiger partial charge in [0, 0.05) is 103 Å². The van der Waals surface area contributed by atoms with E-state index in [0.717, 1.165) is 44.7 Å². The quantitative estimate of drug-likeness (QED) is 0.0459. The first-order valence-corrected chi connectivity index (χ1v) is 38.7. The molecule has 0 bridgehead atoms. The highest BCUT2D eigenvalue weighted by Gasteiger charge is 2.34. The van der Waals surface area contributed by atoms with Gasteiger partial charge in [0.1, 0.15) is 98.9 Å². The van der Waals surface area contributed by atoms with Crippen molar-refractivity contribution in [2.75, 3.05) is 92.8 Å². The molecule has 638 valence electrons. The van der Waals surface area contributed by atoms with Crippen molar-refractivity contribution < 1.29 is 104 Å². The molecular formula is C89H74Cl3F3N8O21. The lowest BCUT2D eigenvalue weighted by Crippen LogP contribution is -2.16. The van der Waals surface area contributed by atoms with Crippen molar-refractivity contribution in [3.63, 3.8) is 0 Å². The number of benzene rings is 10. The standard InChI is InChI=1S/C28H21ClF3NO5.C18H14N2O6.C18H16N2O4.C12H10ClNO3.C7H8ClN.C6H5NO3/c1-35-24-15-22-25(27-26(24)36-10-11-37-27)23(8-9-33-22)38-19-5-2-16(3-6-19)12-18(34)13-17-4-7-21(29)20(14-17)28(30,31)32;1-23-15-10-13-16(18-17(15)24-8-9-25-18)14(6-7-19-13)26-12-4-2-11(3-5-12)20(21)22;1-21-15-10-13-16(18-17(15)22-8-9-23-18)14(6-7-20-13)24-12-4-2-11(19)3-5-12;1-15-9-6-8-10(7(13)2-3-14-8)12-11(9)16-4-5-17-12;1-5-4-6(9)2-3-7(5)8;8-6-3-1-5(2-4-6)7(9)10/h2-9,14-15H,10-13H2,1H3;2-7,10H,8-9H2,1H3;2-7,10H,8-9,19H2,1H3;2-3,6H,4-5H2,1H3;2-4H,9H2,1H3;1-4,8H. The van der Waals surface area contributed by atoms with E-state index in [4.69, 9.17) is 122 Å². The van der Waals surface area contributed by atoms with Crippen molar-refractivity contribution in [2.45, 2.75) is 25.9 Å². The van der Waals surface area contributed by atoms with Crippen LogP contribution in [0.5, 0.6) is 109 Å². The summed E-state index contributed by atoms with van der Waals surface area (Å²) in [4.78, 5) is 49.8. The number of nitro benzene ring substituents is 2. The zero-order chi connectivity index (χ0) is 87.7. The molecule has 0 radical (unpaired) electrons. The van der Waals surface area contributed by atoms with Gasteiger partial charge in [-0.25, -0.2) is 0 Å². The molecule has 35 heteroatoms. The number of aryl methyl sites for hydroxylation is 1. The molecule has 0 unspecified atom stereocenters. The number of non-ortho nitro benzene ring substituents is 2. The summed E-state index contributed by atoms with van der Waals surface area (Å²) in [6.45, 7) is 5.47. The molecule has 0 amide bonds. The topological polar surface area (TPSA) is 366 Å². The molecule has 14 aromatic rings. The highest BCUT2D eigenvalue weighted by Crippen LogP contribution is 2.53. The Labute approximate surface area is 719 Å². The van der Waals surface area contributed by atoms with E-state index in [1.807, 2.05) is 31.2 Å². The first-order chi connectivity index (χ1) is 59.9. The van der Waals surface area contributed by atoms with E-state index in [1.54, 1.807) is 144 Å². The van der Waals surface area contributed by atoms with Gasteiger partial charge in [-0.15, -0.1) is 0 Å². The van der Waals surface area contributed by atoms with Gasteiger partial charge in [-0.05, 0) is 139 Å². The molecule has 29 nitrogen and oxygen atoms in total. The van der Waals surface area contributed by atoms with Crippen molar-refractivity contribution in [3.05, 3.63) is 264 Å². The van der Waals surface area contributed by atoms with Crippen molar-refractivity contribution >= 4 is 107 Å². The van der Waals surface area contributed by atoms with Crippen LogP contribution in [-0.2, 0) is 23.8 Å². The lowest BCUT2D eigenvalue weighted by Gasteiger charge is -2.23. The van der Waals surface area contributed by atoms with Crippen LogP contribution in [0.25, 0.3) is 43.6 Å². The summed E-state index contributed by atoms with van der Waals surface area (Å²) in [6, 6.07) is 48.0. The molecule has 0 fully saturated rings. The maximum Gasteiger partial charge on any atom is 0.417 e. The second kappa shape index (κ2) is 39.7. The first kappa shape index (κ1) is 87.2. The predicted molar refractivity (Wildman–Crippen MR) is 457 cm³/mol. The number of ketones is 1. The minimum Gasteiger partial charge on any atom is -0.508 e. The average Bonchev–Trinajstić information content (AvgIpc) is 0.781. The summed E-state index contributed by atoms with van der Waals surface area (Å²) in [5, 5.41) is 33.3. The van der Waals surface area contributed by atoms with Crippen molar-refractivity contribution in [3.8, 4) is 109 Å². The van der Waals surface area contributed by atoms with Crippen LogP contribution in [0.3, 0.4) is 0 Å². The number of aromatic hydroxyl groups is 1. The third kappa shape index (κ3) is 20.9. The van der Waals surface area contributed by atoms with Crippen molar-refractivity contribution in [1.29, 1.82) is 0 Å². The monoisotopic (exact) mass is 1750 g/mol. The zero-order valence-corrected chi connectivity index (χ0v) is 68.7. The molecule has 5 N–H and O–H groups in total. The number of ether oxygens (including phenoxy) is 15. The fourth-order valence-corrected chi connectivity index (χ4v) is 13.4. The number of hydrogen-bond acceptors (Lipinski definition) is 27. The number of alkyl halides is 3. The van der Waals surface area contributed by atoms with E-state index in [2.05, 4.69) is 19.9 Å². The molecule has 4 aromatic heterocycles. The number of nitrogens with two attached hydrogens (primary N) is 2. The lowest BCUT2D eigenvalue weighted by atomic mass is 10.0. The summed E-state index contributed by atoms with van der Waals surface area (Å²) in [7, 11) is 6.27. The summed E-state index contributed by atoms with van der Waals surface area (Å²) in [5.74, 6) is 9.74. The summed E-state index contributed by atoms with van der Waals surface area (Å²) in [5.41, 5.74) is 16.3. The van der Waals surface area contributed by atoms with Crippen LogP contribution in [0, 0.1) is 27.2 Å². The molecule has 8 heterocycles. The molecule has 0 spiro atoms. The van der Waals surface area contributed by atoms with Crippen molar-refractivity contribution in [2.24, 2.45) is 0 Å². The van der Waals surface area contributed by atoms with Gasteiger partial charge in [0.15, 0.2) is 46.0 Å². The SMILES string of the molecule is COc1cc2nccc(Cl)c2c2c1OCCO2.COc1cc2nccc(Oc3ccc(CC(=O)Cc4ccc(Cl)c(C(F)(F)F)c4)cc3)c2c2c1OCCO2.COc1cc2nccc(Oc3ccc(N)cc3)c2c2c1OCCO2.COc1cc2nccc(Oc3ccc([N+](=O)[O-])cc3)c2c2c1OCCO2.Cc1cc(N)ccc1Cl.O=[N+]([O-])c1ccc(O)cc1. The van der Waals surface area contributed by atoms with E-state index in [-0.39, 0.29) is 41.3 Å². The number of nitrogen functional groups attached to an aromatic ring is 2. The Bertz CT molecular complexity index is 6250. The van der Waals surface area contributed by atoms with Gasteiger partial charge in [0.25, 0.3) is 11.4 Å². The fraction of sp³-hybridized carbons (Fsp3) is 0.180. The van der Waals surface area contributed by atoms with E-state index in [9.17, 15) is 38.2 Å². The van der Waals surface area contributed by atoms with Gasteiger partial charge in [-0.2, -0.15) is 13.2 Å². The maximum absolute atomic E-state index is 13.1.